The lowest BCUT2D eigenvalue weighted by molar-refractivity contribution is -0.113. The molecule has 2 aliphatic carbocycles. The van der Waals surface area contributed by atoms with E-state index in [-0.39, 0.29) is 11.8 Å². The molecule has 2 bridgehead atoms. The molecule has 0 saturated heterocycles. The number of fused-ring (bicyclic) bond motifs is 2. The third-order valence-electron chi connectivity index (χ3n) is 4.13. The zero-order valence-corrected chi connectivity index (χ0v) is 8.60. The second-order valence-electron chi connectivity index (χ2n) is 4.71. The van der Waals surface area contributed by atoms with Gasteiger partial charge in [-0.25, -0.2) is 0 Å². The molecule has 2 saturated carbocycles. The number of carbonyl (C=O) groups is 1. The Kier molecular flexibility index (Phi) is 2.73. The average Bonchev–Trinajstić information content (AvgIpc) is 2.82. The van der Waals surface area contributed by atoms with E-state index in [0.717, 1.165) is 25.5 Å². The van der Waals surface area contributed by atoms with Gasteiger partial charge in [0.1, 0.15) is 6.29 Å². The highest BCUT2D eigenvalue weighted by molar-refractivity contribution is 5.55. The van der Waals surface area contributed by atoms with Crippen LogP contribution in [-0.4, -0.2) is 6.29 Å². The molecule has 0 radical (unpaired) electrons. The Labute approximate surface area is 89.7 Å². The largest absolute Gasteiger partial charge is 0.303 e. The van der Waals surface area contributed by atoms with Crippen LogP contribution in [0.3, 0.4) is 0 Å². The molecule has 2 rings (SSSR count). The number of carbonyl (C=O) groups excluding carboxylic acids is 1. The molecule has 0 aromatic rings. The highest BCUT2D eigenvalue weighted by Gasteiger charge is 2.52. The third kappa shape index (κ3) is 1.53. The molecule has 0 spiro atoms. The summed E-state index contributed by atoms with van der Waals surface area (Å²) in [6.07, 6.45) is 4.28. The van der Waals surface area contributed by atoms with Gasteiger partial charge in [-0.2, -0.15) is 10.5 Å². The van der Waals surface area contributed by atoms with Gasteiger partial charge in [0.15, 0.2) is 0 Å². The highest BCUT2D eigenvalue weighted by atomic mass is 16.1. The smallest absolute Gasteiger partial charge is 0.123 e. The Hall–Kier alpha value is -1.35. The van der Waals surface area contributed by atoms with E-state index in [9.17, 15) is 4.79 Å². The number of nitrogens with zero attached hydrogens (tertiary/aromatic N) is 2. The number of rotatable bonds is 3. The first kappa shape index (κ1) is 10.2. The van der Waals surface area contributed by atoms with E-state index < -0.39 is 0 Å². The molecule has 3 nitrogen and oxygen atoms in total. The second-order valence-corrected chi connectivity index (χ2v) is 4.71. The van der Waals surface area contributed by atoms with Gasteiger partial charge in [-0.05, 0) is 37.0 Å². The number of hydrogen-bond donors (Lipinski definition) is 0. The maximum absolute atomic E-state index is 10.9. The monoisotopic (exact) mass is 202 g/mol. The predicted octanol–water partition coefficient (Wildman–Crippen LogP) is 1.90. The maximum atomic E-state index is 10.9. The van der Waals surface area contributed by atoms with Crippen molar-refractivity contribution in [3.8, 4) is 12.1 Å². The summed E-state index contributed by atoms with van der Waals surface area (Å²) in [5, 5.41) is 17.7. The lowest BCUT2D eigenvalue weighted by Crippen LogP contribution is -2.28. The van der Waals surface area contributed by atoms with Crippen LogP contribution >= 0.6 is 0 Å². The van der Waals surface area contributed by atoms with Crippen molar-refractivity contribution in [1.82, 2.24) is 0 Å². The normalized spacial score (nSPS) is 42.1. The van der Waals surface area contributed by atoms with Crippen molar-refractivity contribution in [3.05, 3.63) is 0 Å². The zero-order chi connectivity index (χ0) is 10.8. The van der Waals surface area contributed by atoms with Crippen LogP contribution in [0.2, 0.25) is 0 Å². The highest BCUT2D eigenvalue weighted by Crippen LogP contribution is 2.55. The first-order chi connectivity index (χ1) is 7.31. The summed E-state index contributed by atoms with van der Waals surface area (Å²) in [7, 11) is 0. The van der Waals surface area contributed by atoms with Crippen molar-refractivity contribution in [3.63, 3.8) is 0 Å². The Balaban J connectivity index is 2.10. The van der Waals surface area contributed by atoms with Crippen molar-refractivity contribution in [1.29, 1.82) is 10.5 Å². The fourth-order valence-electron chi connectivity index (χ4n) is 3.53. The summed E-state index contributed by atoms with van der Waals surface area (Å²) in [6.45, 7) is 0. The fraction of sp³-hybridized carbons (Fsp3) is 0.750. The van der Waals surface area contributed by atoms with Crippen LogP contribution in [0.1, 0.15) is 25.7 Å². The SMILES string of the molecule is N#CCCC1C(C#N)C2CC(C=O)C1C2. The molecule has 15 heavy (non-hydrogen) atoms. The molecule has 0 amide bonds. The molecule has 0 aromatic carbocycles. The van der Waals surface area contributed by atoms with Gasteiger partial charge in [0.2, 0.25) is 0 Å². The second kappa shape index (κ2) is 4.03. The molecule has 2 aliphatic rings. The molecule has 3 heteroatoms. The summed E-state index contributed by atoms with van der Waals surface area (Å²) in [5.41, 5.74) is 0. The van der Waals surface area contributed by atoms with Gasteiger partial charge in [0.05, 0.1) is 18.1 Å². The van der Waals surface area contributed by atoms with Gasteiger partial charge in [0, 0.05) is 12.3 Å². The van der Waals surface area contributed by atoms with E-state index in [0.29, 0.717) is 24.2 Å². The molecule has 2 fully saturated rings. The Morgan fingerprint density at radius 1 is 1.33 bits per heavy atom. The van der Waals surface area contributed by atoms with Crippen molar-refractivity contribution in [2.45, 2.75) is 25.7 Å². The maximum Gasteiger partial charge on any atom is 0.123 e. The van der Waals surface area contributed by atoms with Crippen LogP contribution in [0.25, 0.3) is 0 Å². The van der Waals surface area contributed by atoms with E-state index in [1.807, 2.05) is 0 Å². The lowest BCUT2D eigenvalue weighted by Gasteiger charge is -2.29. The van der Waals surface area contributed by atoms with Crippen LogP contribution in [0.15, 0.2) is 0 Å². The molecular formula is C12H14N2O. The molecule has 5 atom stereocenters. The van der Waals surface area contributed by atoms with Crippen molar-refractivity contribution < 1.29 is 4.79 Å². The summed E-state index contributed by atoms with van der Waals surface area (Å²) in [4.78, 5) is 10.9. The van der Waals surface area contributed by atoms with Gasteiger partial charge in [-0.3, -0.25) is 0 Å². The lowest BCUT2D eigenvalue weighted by atomic mass is 9.73. The molecule has 5 unspecified atom stereocenters. The number of hydrogen-bond acceptors (Lipinski definition) is 3. The Morgan fingerprint density at radius 2 is 2.13 bits per heavy atom. The van der Waals surface area contributed by atoms with E-state index in [1.165, 1.54) is 0 Å². The zero-order valence-electron chi connectivity index (χ0n) is 8.60. The van der Waals surface area contributed by atoms with Crippen molar-refractivity contribution >= 4 is 6.29 Å². The van der Waals surface area contributed by atoms with Gasteiger partial charge in [0.25, 0.3) is 0 Å². The van der Waals surface area contributed by atoms with Crippen LogP contribution in [-0.2, 0) is 4.79 Å². The van der Waals surface area contributed by atoms with Crippen LogP contribution in [0.4, 0.5) is 0 Å². The fourth-order valence-corrected chi connectivity index (χ4v) is 3.53. The minimum absolute atomic E-state index is 0.0968. The Bertz CT molecular complexity index is 339. The van der Waals surface area contributed by atoms with Crippen molar-refractivity contribution in [2.75, 3.05) is 0 Å². The molecule has 0 N–H and O–H groups in total. The van der Waals surface area contributed by atoms with E-state index >= 15 is 0 Å². The van der Waals surface area contributed by atoms with E-state index in [2.05, 4.69) is 12.1 Å². The van der Waals surface area contributed by atoms with E-state index in [1.54, 1.807) is 0 Å². The molecular weight excluding hydrogens is 188 g/mol. The average molecular weight is 202 g/mol. The summed E-state index contributed by atoms with van der Waals surface area (Å²) in [6, 6.07) is 4.51. The standard InChI is InChI=1S/C12H14N2O/c13-3-1-2-10-11-5-8(12(10)6-14)4-9(11)7-15/h7-12H,1-2,4-5H2. The van der Waals surface area contributed by atoms with Crippen molar-refractivity contribution in [2.24, 2.45) is 29.6 Å². The first-order valence-corrected chi connectivity index (χ1v) is 5.53. The van der Waals surface area contributed by atoms with Gasteiger partial charge in [-0.15, -0.1) is 0 Å². The van der Waals surface area contributed by atoms with Crippen LogP contribution in [0, 0.1) is 52.3 Å². The van der Waals surface area contributed by atoms with E-state index in [4.69, 9.17) is 10.5 Å². The van der Waals surface area contributed by atoms with Gasteiger partial charge >= 0.3 is 0 Å². The molecule has 78 valence electrons. The summed E-state index contributed by atoms with van der Waals surface area (Å²) in [5.74, 6) is 1.34. The minimum atomic E-state index is 0.0968. The Morgan fingerprint density at radius 3 is 2.73 bits per heavy atom. The summed E-state index contributed by atoms with van der Waals surface area (Å²) < 4.78 is 0. The topological polar surface area (TPSA) is 64.7 Å². The molecule has 0 aliphatic heterocycles. The number of aldehydes is 1. The molecule has 0 heterocycles. The quantitative estimate of drug-likeness (QED) is 0.656. The minimum Gasteiger partial charge on any atom is -0.303 e. The van der Waals surface area contributed by atoms with Crippen LogP contribution < -0.4 is 0 Å². The van der Waals surface area contributed by atoms with Gasteiger partial charge < -0.3 is 4.79 Å². The van der Waals surface area contributed by atoms with Crippen LogP contribution in [0.5, 0.6) is 0 Å². The predicted molar refractivity (Wildman–Crippen MR) is 53.2 cm³/mol. The summed E-state index contributed by atoms with van der Waals surface area (Å²) >= 11 is 0. The number of nitriles is 2. The first-order valence-electron chi connectivity index (χ1n) is 5.53. The van der Waals surface area contributed by atoms with Gasteiger partial charge in [-0.1, -0.05) is 0 Å². The third-order valence-corrected chi connectivity index (χ3v) is 4.13. The molecule has 0 aromatic heterocycles.